The first-order chi connectivity index (χ1) is 11.2. The van der Waals surface area contributed by atoms with Gasteiger partial charge in [0, 0.05) is 24.1 Å². The Hall–Kier alpha value is -1.98. The Morgan fingerprint density at radius 2 is 2.17 bits per heavy atom. The predicted molar refractivity (Wildman–Crippen MR) is 94.4 cm³/mol. The van der Waals surface area contributed by atoms with E-state index in [1.165, 1.54) is 18.0 Å². The molecular weight excluding hydrogens is 346 g/mol. The van der Waals surface area contributed by atoms with Gasteiger partial charge in [0.05, 0.1) is 10.6 Å². The maximum absolute atomic E-state index is 11.9. The van der Waals surface area contributed by atoms with Gasteiger partial charge in [0.2, 0.25) is 6.19 Å². The fourth-order valence-corrected chi connectivity index (χ4v) is 4.29. The molecule has 0 aliphatic carbocycles. The quantitative estimate of drug-likeness (QED) is 0.751. The normalized spacial score (nSPS) is 21.0. The van der Waals surface area contributed by atoms with E-state index < -0.39 is 15.4 Å². The lowest BCUT2D eigenvalue weighted by atomic mass is 9.98. The van der Waals surface area contributed by atoms with Crippen molar-refractivity contribution < 1.29 is 13.2 Å². The molecule has 0 amide bonds. The van der Waals surface area contributed by atoms with Crippen LogP contribution in [0.3, 0.4) is 0 Å². The second-order valence-corrected chi connectivity index (χ2v) is 9.24. The van der Waals surface area contributed by atoms with Gasteiger partial charge in [0.15, 0.2) is 15.0 Å². The van der Waals surface area contributed by atoms with Crippen LogP contribution < -0.4 is 4.74 Å². The molecule has 0 spiro atoms. The molecule has 1 aromatic carbocycles. The molecule has 0 aromatic heterocycles. The summed E-state index contributed by atoms with van der Waals surface area (Å²) in [5.74, 6) is 1.44. The van der Waals surface area contributed by atoms with Gasteiger partial charge in [-0.05, 0) is 38.1 Å². The average molecular weight is 363 g/mol. The van der Waals surface area contributed by atoms with Crippen molar-refractivity contribution in [3.63, 3.8) is 0 Å². The lowest BCUT2D eigenvalue weighted by Crippen LogP contribution is -2.34. The van der Waals surface area contributed by atoms with Crippen LogP contribution >= 0.6 is 11.8 Å². The number of fused-ring (bicyclic) bond motifs is 1. The minimum atomic E-state index is -3.32. The second kappa shape index (κ2) is 5.83. The van der Waals surface area contributed by atoms with E-state index in [1.807, 2.05) is 31.0 Å². The standard InChI is InChI=1S/C16H17N3O3S2/c1-16(2)9-13(19-6-7-23-15(19)18-10-17)12-8-11(24(3,20)21)4-5-14(12)22-16/h4-5,8-9H,6-7H2,1-3H3. The van der Waals surface area contributed by atoms with Crippen LogP contribution in [0.15, 0.2) is 34.2 Å². The maximum atomic E-state index is 11.9. The summed E-state index contributed by atoms with van der Waals surface area (Å²) in [7, 11) is -3.32. The van der Waals surface area contributed by atoms with Crippen molar-refractivity contribution >= 4 is 32.5 Å². The van der Waals surface area contributed by atoms with Crippen LogP contribution in [-0.4, -0.2) is 42.6 Å². The average Bonchev–Trinajstić information content (AvgIpc) is 2.92. The molecule has 0 atom stereocenters. The second-order valence-electron chi connectivity index (χ2n) is 6.16. The highest BCUT2D eigenvalue weighted by molar-refractivity contribution is 8.14. The summed E-state index contributed by atoms with van der Waals surface area (Å²) >= 11 is 1.51. The van der Waals surface area contributed by atoms with Crippen LogP contribution in [0.1, 0.15) is 19.4 Å². The summed E-state index contributed by atoms with van der Waals surface area (Å²) in [6.07, 6.45) is 4.96. The van der Waals surface area contributed by atoms with Gasteiger partial charge in [-0.1, -0.05) is 11.8 Å². The van der Waals surface area contributed by atoms with Crippen molar-refractivity contribution in [1.29, 1.82) is 5.26 Å². The number of aliphatic imine (C=N–C) groups is 1. The molecule has 6 nitrogen and oxygen atoms in total. The van der Waals surface area contributed by atoms with E-state index in [4.69, 9.17) is 10.00 Å². The number of benzene rings is 1. The third kappa shape index (κ3) is 3.14. The highest BCUT2D eigenvalue weighted by Crippen LogP contribution is 2.41. The van der Waals surface area contributed by atoms with Gasteiger partial charge >= 0.3 is 0 Å². The Bertz CT molecular complexity index is 896. The molecule has 24 heavy (non-hydrogen) atoms. The van der Waals surface area contributed by atoms with E-state index in [0.717, 1.165) is 11.4 Å². The molecule has 1 aromatic rings. The van der Waals surface area contributed by atoms with Crippen molar-refractivity contribution in [1.82, 2.24) is 4.90 Å². The number of rotatable bonds is 2. The van der Waals surface area contributed by atoms with Crippen LogP contribution in [0.25, 0.3) is 5.70 Å². The monoisotopic (exact) mass is 363 g/mol. The lowest BCUT2D eigenvalue weighted by Gasteiger charge is -2.34. The molecule has 1 saturated heterocycles. The van der Waals surface area contributed by atoms with E-state index >= 15 is 0 Å². The summed E-state index contributed by atoms with van der Waals surface area (Å²) in [4.78, 5) is 6.07. The molecule has 0 saturated carbocycles. The van der Waals surface area contributed by atoms with Gasteiger partial charge in [-0.25, -0.2) is 8.42 Å². The molecule has 3 rings (SSSR count). The SMILES string of the molecule is CC1(C)C=C(N2CCSC2=NC#N)c2cc(S(C)(=O)=O)ccc2O1. The van der Waals surface area contributed by atoms with E-state index in [0.29, 0.717) is 23.0 Å². The zero-order valence-corrected chi connectivity index (χ0v) is 15.2. The Balaban J connectivity index is 2.17. The summed E-state index contributed by atoms with van der Waals surface area (Å²) in [5, 5.41) is 9.51. The van der Waals surface area contributed by atoms with Crippen molar-refractivity contribution in [2.24, 2.45) is 4.99 Å². The number of hydrogen-bond donors (Lipinski definition) is 0. The van der Waals surface area contributed by atoms with Crippen molar-refractivity contribution in [3.05, 3.63) is 29.8 Å². The molecule has 2 aliphatic rings. The number of sulfone groups is 1. The predicted octanol–water partition coefficient (Wildman–Crippen LogP) is 2.49. The van der Waals surface area contributed by atoms with Gasteiger partial charge in [-0.2, -0.15) is 5.26 Å². The molecule has 0 unspecified atom stereocenters. The summed E-state index contributed by atoms with van der Waals surface area (Å²) < 4.78 is 29.8. The third-order valence-corrected chi connectivity index (χ3v) is 5.79. The summed E-state index contributed by atoms with van der Waals surface area (Å²) in [5.41, 5.74) is 0.982. The van der Waals surface area contributed by atoms with E-state index in [9.17, 15) is 8.42 Å². The van der Waals surface area contributed by atoms with E-state index in [2.05, 4.69) is 4.99 Å². The molecule has 0 radical (unpaired) electrons. The Kier molecular flexibility index (Phi) is 4.10. The first-order valence-electron chi connectivity index (χ1n) is 7.35. The van der Waals surface area contributed by atoms with Crippen molar-refractivity contribution in [2.75, 3.05) is 18.6 Å². The van der Waals surface area contributed by atoms with E-state index in [-0.39, 0.29) is 4.90 Å². The molecule has 0 bridgehead atoms. The number of nitriles is 1. The van der Waals surface area contributed by atoms with Crippen molar-refractivity contribution in [3.8, 4) is 11.9 Å². The smallest absolute Gasteiger partial charge is 0.208 e. The van der Waals surface area contributed by atoms with Crippen molar-refractivity contribution in [2.45, 2.75) is 24.3 Å². The molecule has 126 valence electrons. The maximum Gasteiger partial charge on any atom is 0.208 e. The molecule has 8 heteroatoms. The molecule has 0 N–H and O–H groups in total. The minimum Gasteiger partial charge on any atom is -0.483 e. The number of thioether (sulfide) groups is 1. The number of ether oxygens (including phenoxy) is 1. The topological polar surface area (TPSA) is 82.8 Å². The van der Waals surface area contributed by atoms with Crippen LogP contribution in [0.5, 0.6) is 5.75 Å². The Labute approximate surface area is 145 Å². The van der Waals surface area contributed by atoms with Gasteiger partial charge in [-0.15, -0.1) is 4.99 Å². The Morgan fingerprint density at radius 1 is 1.42 bits per heavy atom. The third-order valence-electron chi connectivity index (χ3n) is 3.73. The van der Waals surface area contributed by atoms with E-state index in [1.54, 1.807) is 18.2 Å². The molecule has 2 heterocycles. The van der Waals surface area contributed by atoms with Gasteiger partial charge in [0.1, 0.15) is 11.4 Å². The van der Waals surface area contributed by atoms with Gasteiger partial charge in [-0.3, -0.25) is 0 Å². The van der Waals surface area contributed by atoms with Crippen LogP contribution in [-0.2, 0) is 9.84 Å². The highest BCUT2D eigenvalue weighted by atomic mass is 32.2. The zero-order chi connectivity index (χ0) is 17.5. The first-order valence-corrected chi connectivity index (χ1v) is 10.2. The van der Waals surface area contributed by atoms with Crippen LogP contribution in [0.2, 0.25) is 0 Å². The van der Waals surface area contributed by atoms with Gasteiger partial charge in [0.25, 0.3) is 0 Å². The number of nitrogens with zero attached hydrogens (tertiary/aromatic N) is 3. The van der Waals surface area contributed by atoms with Crippen LogP contribution in [0.4, 0.5) is 0 Å². The minimum absolute atomic E-state index is 0.237. The molecule has 1 fully saturated rings. The Morgan fingerprint density at radius 3 is 2.83 bits per heavy atom. The number of hydrogen-bond acceptors (Lipinski definition) is 6. The van der Waals surface area contributed by atoms with Gasteiger partial charge < -0.3 is 9.64 Å². The number of amidine groups is 1. The fraction of sp³-hybridized carbons (Fsp3) is 0.375. The summed E-state index contributed by atoms with van der Waals surface area (Å²) in [6, 6.07) is 4.86. The lowest BCUT2D eigenvalue weighted by molar-refractivity contribution is 0.156. The van der Waals surface area contributed by atoms with Crippen LogP contribution in [0, 0.1) is 11.5 Å². The summed E-state index contributed by atoms with van der Waals surface area (Å²) in [6.45, 7) is 4.57. The first kappa shape index (κ1) is 16.9. The highest BCUT2D eigenvalue weighted by Gasteiger charge is 2.33. The largest absolute Gasteiger partial charge is 0.483 e. The zero-order valence-electron chi connectivity index (χ0n) is 13.6. The molecule has 2 aliphatic heterocycles. The fourth-order valence-electron chi connectivity index (χ4n) is 2.73. The molecular formula is C16H17N3O3S2.